The van der Waals surface area contributed by atoms with E-state index in [9.17, 15) is 9.18 Å². The molecule has 0 aromatic heterocycles. The largest absolute Gasteiger partial charge is 0.492 e. The third-order valence-electron chi connectivity index (χ3n) is 2.31. The van der Waals surface area contributed by atoms with E-state index in [1.165, 1.54) is 24.3 Å². The van der Waals surface area contributed by atoms with Crippen molar-refractivity contribution in [1.29, 1.82) is 0 Å². The number of carbonyl (C=O) groups is 1. The molecule has 0 unspecified atom stereocenters. The summed E-state index contributed by atoms with van der Waals surface area (Å²) in [4.78, 5) is 11.8. The Morgan fingerprint density at radius 1 is 1.28 bits per heavy atom. The highest BCUT2D eigenvalue weighted by molar-refractivity contribution is 5.76. The van der Waals surface area contributed by atoms with Crippen LogP contribution in [0.3, 0.4) is 0 Å². The van der Waals surface area contributed by atoms with E-state index in [1.54, 1.807) is 27.7 Å². The van der Waals surface area contributed by atoms with Gasteiger partial charge in [-0.05, 0) is 52.0 Å². The molecule has 0 saturated carbocycles. The normalized spacial score (nSPS) is 11.4. The monoisotopic (exact) mass is 254 g/mol. The van der Waals surface area contributed by atoms with Crippen molar-refractivity contribution in [2.24, 2.45) is 5.41 Å². The van der Waals surface area contributed by atoms with Gasteiger partial charge in [-0.3, -0.25) is 4.79 Å². The number of hydrogen-bond acceptors (Lipinski definition) is 3. The number of ether oxygens (including phenoxy) is 2. The van der Waals surface area contributed by atoms with E-state index >= 15 is 0 Å². The van der Waals surface area contributed by atoms with Crippen LogP contribution in [0, 0.1) is 11.2 Å². The molecule has 4 heteroatoms. The molecule has 0 N–H and O–H groups in total. The molecule has 0 amide bonds. The molecule has 0 aliphatic heterocycles. The first-order valence-corrected chi connectivity index (χ1v) is 5.91. The van der Waals surface area contributed by atoms with Crippen LogP contribution in [0.4, 0.5) is 4.39 Å². The Kier molecular flexibility index (Phi) is 4.70. The van der Waals surface area contributed by atoms with Gasteiger partial charge < -0.3 is 9.47 Å². The molecule has 1 aromatic carbocycles. The summed E-state index contributed by atoms with van der Waals surface area (Å²) in [5.41, 5.74) is -0.737. The second-order valence-electron chi connectivity index (χ2n) is 5.08. The summed E-state index contributed by atoms with van der Waals surface area (Å²) in [5.74, 6) is -0.0951. The van der Waals surface area contributed by atoms with E-state index in [0.29, 0.717) is 5.75 Å². The molecule has 1 aromatic rings. The Labute approximate surface area is 107 Å². The van der Waals surface area contributed by atoms with Crippen molar-refractivity contribution < 1.29 is 18.7 Å². The molecule has 18 heavy (non-hydrogen) atoms. The molecule has 0 heterocycles. The van der Waals surface area contributed by atoms with Crippen molar-refractivity contribution in [1.82, 2.24) is 0 Å². The van der Waals surface area contributed by atoms with Crippen LogP contribution in [0.15, 0.2) is 24.3 Å². The van der Waals surface area contributed by atoms with E-state index in [-0.39, 0.29) is 24.5 Å². The summed E-state index contributed by atoms with van der Waals surface area (Å²) in [5, 5.41) is 0. The predicted molar refractivity (Wildman–Crippen MR) is 66.9 cm³/mol. The van der Waals surface area contributed by atoms with Gasteiger partial charge in [0.25, 0.3) is 0 Å². The maximum absolute atomic E-state index is 12.7. The molecule has 3 nitrogen and oxygen atoms in total. The van der Waals surface area contributed by atoms with Gasteiger partial charge in [0.05, 0.1) is 11.5 Å². The van der Waals surface area contributed by atoms with Crippen LogP contribution in [-0.4, -0.2) is 18.7 Å². The molecule has 100 valence electrons. The van der Waals surface area contributed by atoms with Crippen LogP contribution in [0.2, 0.25) is 0 Å². The number of carbonyl (C=O) groups excluding carboxylic acids is 1. The topological polar surface area (TPSA) is 35.5 Å². The molecule has 0 fully saturated rings. The average Bonchev–Trinajstić information content (AvgIpc) is 2.27. The second kappa shape index (κ2) is 5.85. The molecule has 0 spiro atoms. The number of rotatable bonds is 5. The van der Waals surface area contributed by atoms with Crippen LogP contribution in [0.5, 0.6) is 5.75 Å². The summed E-state index contributed by atoms with van der Waals surface area (Å²) in [6.07, 6.45) is -0.150. The predicted octanol–water partition coefficient (Wildman–Crippen LogP) is 3.18. The number of benzene rings is 1. The van der Waals surface area contributed by atoms with E-state index in [4.69, 9.17) is 9.47 Å². The molecule has 0 aliphatic carbocycles. The Morgan fingerprint density at radius 2 is 1.83 bits per heavy atom. The Balaban J connectivity index is 2.55. The lowest BCUT2D eigenvalue weighted by atomic mass is 9.95. The lowest BCUT2D eigenvalue weighted by molar-refractivity contribution is -0.159. The summed E-state index contributed by atoms with van der Waals surface area (Å²) in [7, 11) is 0. The van der Waals surface area contributed by atoms with E-state index in [2.05, 4.69) is 0 Å². The number of halogens is 1. The quantitative estimate of drug-likeness (QED) is 0.757. The van der Waals surface area contributed by atoms with Crippen LogP contribution in [-0.2, 0) is 9.53 Å². The van der Waals surface area contributed by atoms with Gasteiger partial charge >= 0.3 is 5.97 Å². The first-order valence-electron chi connectivity index (χ1n) is 5.91. The van der Waals surface area contributed by atoms with Crippen LogP contribution >= 0.6 is 0 Å². The van der Waals surface area contributed by atoms with Gasteiger partial charge in [0.2, 0.25) is 0 Å². The fourth-order valence-electron chi connectivity index (χ4n) is 1.23. The lowest BCUT2D eigenvalue weighted by Gasteiger charge is -2.24. The molecular formula is C14H19FO3. The third-order valence-corrected chi connectivity index (χ3v) is 2.31. The third kappa shape index (κ3) is 4.35. The van der Waals surface area contributed by atoms with Gasteiger partial charge in [-0.25, -0.2) is 4.39 Å². The fraction of sp³-hybridized carbons (Fsp3) is 0.500. The lowest BCUT2D eigenvalue weighted by Crippen LogP contribution is -2.34. The van der Waals surface area contributed by atoms with Crippen molar-refractivity contribution in [3.63, 3.8) is 0 Å². The minimum Gasteiger partial charge on any atom is -0.492 e. The van der Waals surface area contributed by atoms with E-state index in [0.717, 1.165) is 0 Å². The van der Waals surface area contributed by atoms with E-state index in [1.807, 2.05) is 0 Å². The highest BCUT2D eigenvalue weighted by Crippen LogP contribution is 2.21. The van der Waals surface area contributed by atoms with E-state index < -0.39 is 5.41 Å². The average molecular weight is 254 g/mol. The highest BCUT2D eigenvalue weighted by Gasteiger charge is 2.31. The minimum atomic E-state index is -0.737. The summed E-state index contributed by atoms with van der Waals surface area (Å²) >= 11 is 0. The van der Waals surface area contributed by atoms with Gasteiger partial charge in [0, 0.05) is 0 Å². The maximum atomic E-state index is 12.7. The SMILES string of the molecule is CC(C)OC(=O)C(C)(C)COc1ccc(F)cc1. The van der Waals surface area contributed by atoms with Gasteiger partial charge in [-0.2, -0.15) is 0 Å². The van der Waals surface area contributed by atoms with Gasteiger partial charge in [-0.1, -0.05) is 0 Å². The van der Waals surface area contributed by atoms with Gasteiger partial charge in [-0.15, -0.1) is 0 Å². The molecule has 0 radical (unpaired) electrons. The first-order chi connectivity index (χ1) is 8.31. The molecule has 1 rings (SSSR count). The molecule has 0 atom stereocenters. The zero-order valence-corrected chi connectivity index (χ0v) is 11.2. The Bertz CT molecular complexity index is 396. The van der Waals surface area contributed by atoms with Crippen molar-refractivity contribution in [3.8, 4) is 5.75 Å². The smallest absolute Gasteiger partial charge is 0.315 e. The molecule has 0 aliphatic rings. The Morgan fingerprint density at radius 3 is 2.33 bits per heavy atom. The minimum absolute atomic E-state index is 0.150. The fourth-order valence-corrected chi connectivity index (χ4v) is 1.23. The van der Waals surface area contributed by atoms with Gasteiger partial charge in [0.1, 0.15) is 18.2 Å². The zero-order chi connectivity index (χ0) is 13.8. The van der Waals surface area contributed by atoms with Crippen LogP contribution in [0.1, 0.15) is 27.7 Å². The van der Waals surface area contributed by atoms with Crippen molar-refractivity contribution >= 4 is 5.97 Å². The summed E-state index contributed by atoms with van der Waals surface area (Å²) in [6.45, 7) is 7.29. The second-order valence-corrected chi connectivity index (χ2v) is 5.08. The Hall–Kier alpha value is -1.58. The van der Waals surface area contributed by atoms with Crippen LogP contribution < -0.4 is 4.74 Å². The zero-order valence-electron chi connectivity index (χ0n) is 11.2. The highest BCUT2D eigenvalue weighted by atomic mass is 19.1. The van der Waals surface area contributed by atoms with Crippen LogP contribution in [0.25, 0.3) is 0 Å². The summed E-state index contributed by atoms with van der Waals surface area (Å²) < 4.78 is 23.3. The molecular weight excluding hydrogens is 235 g/mol. The first kappa shape index (κ1) is 14.5. The molecule has 0 bridgehead atoms. The standard InChI is InChI=1S/C14H19FO3/c1-10(2)18-13(16)14(3,4)9-17-12-7-5-11(15)6-8-12/h5-8,10H,9H2,1-4H3. The van der Waals surface area contributed by atoms with Crippen molar-refractivity contribution in [2.45, 2.75) is 33.8 Å². The van der Waals surface area contributed by atoms with Crippen molar-refractivity contribution in [2.75, 3.05) is 6.61 Å². The molecule has 0 saturated heterocycles. The van der Waals surface area contributed by atoms with Gasteiger partial charge in [0.15, 0.2) is 0 Å². The number of esters is 1. The maximum Gasteiger partial charge on any atom is 0.315 e. The van der Waals surface area contributed by atoms with Crippen molar-refractivity contribution in [3.05, 3.63) is 30.1 Å². The summed E-state index contributed by atoms with van der Waals surface area (Å²) in [6, 6.07) is 5.68. The number of hydrogen-bond donors (Lipinski definition) is 0.